The molecule has 0 spiro atoms. The fourth-order valence-corrected chi connectivity index (χ4v) is 1.67. The van der Waals surface area contributed by atoms with Crippen LogP contribution in [0.25, 0.3) is 0 Å². The summed E-state index contributed by atoms with van der Waals surface area (Å²) in [5.41, 5.74) is 0.432. The Labute approximate surface area is 71.4 Å². The summed E-state index contributed by atoms with van der Waals surface area (Å²) in [6.07, 6.45) is 2.88. The number of H-pyrrole nitrogens is 1. The summed E-state index contributed by atoms with van der Waals surface area (Å²) >= 11 is 0. The lowest BCUT2D eigenvalue weighted by atomic mass is 10.3. The first-order valence-corrected chi connectivity index (χ1v) is 4.75. The van der Waals surface area contributed by atoms with Crippen LogP contribution in [0.15, 0.2) is 11.2 Å². The van der Waals surface area contributed by atoms with Gasteiger partial charge in [-0.1, -0.05) is 0 Å². The van der Waals surface area contributed by atoms with Gasteiger partial charge in [-0.3, -0.25) is 14.3 Å². The summed E-state index contributed by atoms with van der Waals surface area (Å²) in [7, 11) is -1.34. The number of nitrogens with zero attached hydrogens (tertiary/aromatic N) is 1. The molecule has 1 aromatic rings. The van der Waals surface area contributed by atoms with Gasteiger partial charge in [-0.25, -0.2) is 0 Å². The van der Waals surface area contributed by atoms with Crippen molar-refractivity contribution in [3.8, 4) is 0 Å². The van der Waals surface area contributed by atoms with E-state index in [-0.39, 0.29) is 10.7 Å². The minimum Gasteiger partial charge on any atom is -0.348 e. The van der Waals surface area contributed by atoms with Crippen molar-refractivity contribution in [1.82, 2.24) is 4.98 Å². The smallest absolute Gasteiger partial charge is 0.306 e. The predicted molar refractivity (Wildman–Crippen MR) is 44.5 cm³/mol. The largest absolute Gasteiger partial charge is 0.348 e. The Morgan fingerprint density at radius 3 is 2.58 bits per heavy atom. The van der Waals surface area contributed by atoms with E-state index in [4.69, 9.17) is 0 Å². The zero-order valence-electron chi connectivity index (χ0n) is 6.66. The highest BCUT2D eigenvalue weighted by Gasteiger charge is 2.21. The Morgan fingerprint density at radius 2 is 2.25 bits per heavy atom. The highest BCUT2D eigenvalue weighted by Crippen LogP contribution is 2.24. The Hall–Kier alpha value is -1.17. The second-order valence-corrected chi connectivity index (χ2v) is 3.68. The Balaban J connectivity index is 3.31. The van der Waals surface area contributed by atoms with Gasteiger partial charge in [0.2, 0.25) is 0 Å². The van der Waals surface area contributed by atoms with Crippen molar-refractivity contribution in [3.63, 3.8) is 0 Å². The number of hydrogen-bond acceptors (Lipinski definition) is 3. The van der Waals surface area contributed by atoms with E-state index in [0.29, 0.717) is 5.56 Å². The van der Waals surface area contributed by atoms with Crippen LogP contribution in [0.4, 0.5) is 5.69 Å². The van der Waals surface area contributed by atoms with E-state index in [9.17, 15) is 14.3 Å². The first-order valence-electron chi connectivity index (χ1n) is 3.20. The quantitative estimate of drug-likeness (QED) is 0.555. The molecule has 1 rings (SSSR count). The van der Waals surface area contributed by atoms with Gasteiger partial charge in [0.1, 0.15) is 0 Å². The first-order chi connectivity index (χ1) is 5.54. The summed E-state index contributed by atoms with van der Waals surface area (Å²) in [6, 6.07) is 0. The van der Waals surface area contributed by atoms with Gasteiger partial charge in [-0.15, -0.1) is 0 Å². The van der Waals surface area contributed by atoms with Crippen molar-refractivity contribution in [1.29, 1.82) is 0 Å². The second kappa shape index (κ2) is 3.06. The third kappa shape index (κ3) is 1.38. The fraction of sp³-hybridized carbons (Fsp3) is 0.333. The Bertz CT molecular complexity index is 345. The minimum atomic E-state index is -1.34. The van der Waals surface area contributed by atoms with Crippen molar-refractivity contribution in [2.75, 3.05) is 6.26 Å². The molecule has 1 atom stereocenters. The number of nitro groups is 1. The van der Waals surface area contributed by atoms with Crippen LogP contribution >= 0.6 is 0 Å². The normalized spacial score (nSPS) is 12.8. The molecule has 0 amide bonds. The van der Waals surface area contributed by atoms with E-state index in [1.54, 1.807) is 6.92 Å². The lowest BCUT2D eigenvalue weighted by molar-refractivity contribution is -0.388. The molecule has 5 nitrogen and oxygen atoms in total. The van der Waals surface area contributed by atoms with Gasteiger partial charge in [0.25, 0.3) is 0 Å². The number of aromatic amines is 1. The van der Waals surface area contributed by atoms with Gasteiger partial charge in [0.15, 0.2) is 5.03 Å². The van der Waals surface area contributed by atoms with Crippen molar-refractivity contribution >= 4 is 16.5 Å². The van der Waals surface area contributed by atoms with Gasteiger partial charge in [-0.2, -0.15) is 0 Å². The van der Waals surface area contributed by atoms with Gasteiger partial charge in [0.05, 0.1) is 15.7 Å². The molecule has 0 aromatic carbocycles. The zero-order chi connectivity index (χ0) is 9.30. The van der Waals surface area contributed by atoms with Gasteiger partial charge in [0, 0.05) is 18.0 Å². The standard InChI is InChI=1S/C6H8N2O3S/c1-4-3-7-6(12(2)11)5(4)8(9)10/h3,7H,1-2H3. The Morgan fingerprint density at radius 1 is 1.67 bits per heavy atom. The molecular formula is C6H8N2O3S. The topological polar surface area (TPSA) is 76.0 Å². The lowest BCUT2D eigenvalue weighted by Gasteiger charge is -1.91. The molecule has 1 N–H and O–H groups in total. The third-order valence-electron chi connectivity index (χ3n) is 1.48. The molecular weight excluding hydrogens is 180 g/mol. The first kappa shape index (κ1) is 8.92. The molecule has 1 aromatic heterocycles. The molecule has 0 bridgehead atoms. The zero-order valence-corrected chi connectivity index (χ0v) is 7.47. The number of hydrogen-bond donors (Lipinski definition) is 1. The summed E-state index contributed by atoms with van der Waals surface area (Å²) in [5, 5.41) is 10.6. The van der Waals surface area contributed by atoms with Crippen LogP contribution in [0, 0.1) is 17.0 Å². The molecule has 12 heavy (non-hydrogen) atoms. The van der Waals surface area contributed by atoms with Crippen LogP contribution in [0.3, 0.4) is 0 Å². The molecule has 1 unspecified atom stereocenters. The van der Waals surface area contributed by atoms with E-state index < -0.39 is 15.7 Å². The number of nitrogens with one attached hydrogen (secondary N) is 1. The molecule has 0 fully saturated rings. The van der Waals surface area contributed by atoms with Crippen LogP contribution in [-0.2, 0) is 10.8 Å². The summed E-state index contributed by atoms with van der Waals surface area (Å²) in [6.45, 7) is 1.60. The van der Waals surface area contributed by atoms with Crippen LogP contribution in [0.1, 0.15) is 5.56 Å². The summed E-state index contributed by atoms with van der Waals surface area (Å²) < 4.78 is 11.0. The maximum atomic E-state index is 11.0. The Kier molecular flexibility index (Phi) is 2.27. The highest BCUT2D eigenvalue weighted by atomic mass is 32.2. The molecule has 66 valence electrons. The summed E-state index contributed by atoms with van der Waals surface area (Å²) in [4.78, 5) is 12.5. The average molecular weight is 188 g/mol. The van der Waals surface area contributed by atoms with Crippen LogP contribution in [0.5, 0.6) is 0 Å². The SMILES string of the molecule is Cc1c[nH]c(S(C)=O)c1[N+](=O)[O-]. The molecule has 0 radical (unpaired) electrons. The van der Waals surface area contributed by atoms with E-state index in [2.05, 4.69) is 4.98 Å². The van der Waals surface area contributed by atoms with Crippen LogP contribution in [-0.4, -0.2) is 20.4 Å². The predicted octanol–water partition coefficient (Wildman–Crippen LogP) is 0.969. The van der Waals surface area contributed by atoms with Gasteiger partial charge >= 0.3 is 5.69 Å². The molecule has 0 saturated carbocycles. The monoisotopic (exact) mass is 188 g/mol. The van der Waals surface area contributed by atoms with Crippen molar-refractivity contribution in [3.05, 3.63) is 21.9 Å². The molecule has 0 saturated heterocycles. The molecule has 6 heteroatoms. The maximum absolute atomic E-state index is 11.0. The molecule has 0 aliphatic heterocycles. The second-order valence-electron chi connectivity index (χ2n) is 2.36. The van der Waals surface area contributed by atoms with Crippen LogP contribution in [0.2, 0.25) is 0 Å². The molecule has 0 aliphatic carbocycles. The summed E-state index contributed by atoms with van der Waals surface area (Å²) in [5.74, 6) is 0. The van der Waals surface area contributed by atoms with Crippen molar-refractivity contribution in [2.24, 2.45) is 0 Å². The maximum Gasteiger partial charge on any atom is 0.306 e. The minimum absolute atomic E-state index is 0.0733. The third-order valence-corrected chi connectivity index (χ3v) is 2.36. The fourth-order valence-electron chi connectivity index (χ4n) is 0.936. The van der Waals surface area contributed by atoms with E-state index >= 15 is 0 Å². The van der Waals surface area contributed by atoms with Crippen molar-refractivity contribution in [2.45, 2.75) is 11.9 Å². The van der Waals surface area contributed by atoms with Crippen LogP contribution < -0.4 is 0 Å². The van der Waals surface area contributed by atoms with Crippen molar-refractivity contribution < 1.29 is 9.13 Å². The number of aryl methyl sites for hydroxylation is 1. The molecule has 0 aliphatic rings. The van der Waals surface area contributed by atoms with Gasteiger partial charge in [-0.05, 0) is 6.92 Å². The highest BCUT2D eigenvalue weighted by molar-refractivity contribution is 7.84. The number of rotatable bonds is 2. The van der Waals surface area contributed by atoms with E-state index in [1.807, 2.05) is 0 Å². The molecule has 1 heterocycles. The lowest BCUT2D eigenvalue weighted by Crippen LogP contribution is -1.95. The average Bonchev–Trinajstić information content (AvgIpc) is 2.30. The number of aromatic nitrogens is 1. The van der Waals surface area contributed by atoms with Gasteiger partial charge < -0.3 is 4.98 Å². The van der Waals surface area contributed by atoms with E-state index in [0.717, 1.165) is 0 Å². The van der Waals surface area contributed by atoms with E-state index in [1.165, 1.54) is 12.5 Å².